The van der Waals surface area contributed by atoms with Gasteiger partial charge in [-0.15, -0.1) is 0 Å². The average Bonchev–Trinajstić information content (AvgIpc) is 4.01. The van der Waals surface area contributed by atoms with Gasteiger partial charge in [-0.25, -0.2) is 0 Å². The van der Waals surface area contributed by atoms with Crippen LogP contribution in [0.4, 0.5) is 0 Å². The molecule has 4 heteroatoms. The van der Waals surface area contributed by atoms with Crippen molar-refractivity contribution in [1.29, 1.82) is 0 Å². The summed E-state index contributed by atoms with van der Waals surface area (Å²) in [6.45, 7) is 7.68. The van der Waals surface area contributed by atoms with Gasteiger partial charge < -0.3 is 18.9 Å². The molecular formula is C41H58O4. The van der Waals surface area contributed by atoms with E-state index in [1.54, 1.807) is 14.2 Å². The fourth-order valence-electron chi connectivity index (χ4n) is 3.98. The summed E-state index contributed by atoms with van der Waals surface area (Å²) in [5.41, 5.74) is 2.86. The number of hydrogen-bond donors (Lipinski definition) is 0. The molecule has 0 N–H and O–H groups in total. The second-order valence-electron chi connectivity index (χ2n) is 10.0. The zero-order valence-corrected chi connectivity index (χ0v) is 25.6. The Labute approximate surface area is 274 Å². The van der Waals surface area contributed by atoms with E-state index in [4.69, 9.17) is 18.9 Å². The Morgan fingerprint density at radius 3 is 0.822 bits per heavy atom. The monoisotopic (exact) mass is 614 g/mol. The fraction of sp³-hybridized carbons (Fsp3) is 0.366. The number of ether oxygens (including phenoxy) is 4. The summed E-state index contributed by atoms with van der Waals surface area (Å²) in [4.78, 5) is 0. The van der Waals surface area contributed by atoms with Gasteiger partial charge in [0.05, 0.1) is 26.4 Å². The first-order valence-corrected chi connectivity index (χ1v) is 14.8. The van der Waals surface area contributed by atoms with E-state index in [0.717, 1.165) is 39.3 Å². The van der Waals surface area contributed by atoms with Crippen molar-refractivity contribution in [1.82, 2.24) is 0 Å². The van der Waals surface area contributed by atoms with Crippen LogP contribution < -0.4 is 0 Å². The Morgan fingerprint density at radius 1 is 0.467 bits per heavy atom. The van der Waals surface area contributed by atoms with Gasteiger partial charge in [0.25, 0.3) is 0 Å². The summed E-state index contributed by atoms with van der Waals surface area (Å²) >= 11 is 0. The van der Waals surface area contributed by atoms with Gasteiger partial charge in [0.2, 0.25) is 0 Å². The third-order valence-corrected chi connectivity index (χ3v) is 6.67. The minimum absolute atomic E-state index is 0. The molecule has 2 atom stereocenters. The van der Waals surface area contributed by atoms with Crippen LogP contribution in [0.25, 0.3) is 21.5 Å². The second-order valence-corrected chi connectivity index (χ2v) is 10.0. The lowest BCUT2D eigenvalue weighted by Crippen LogP contribution is -1.94. The molecule has 0 radical (unpaired) electrons. The normalized spacial score (nSPS) is 14.8. The molecular weight excluding hydrogens is 556 g/mol. The number of hydrogen-bond acceptors (Lipinski definition) is 4. The molecule has 0 aliphatic carbocycles. The van der Waals surface area contributed by atoms with Crippen molar-refractivity contribution in [3.05, 3.63) is 132 Å². The molecule has 5 aromatic rings. The topological polar surface area (TPSA) is 43.5 Å². The van der Waals surface area contributed by atoms with Crippen molar-refractivity contribution in [2.75, 3.05) is 40.6 Å². The number of fused-ring (bicyclic) bond motifs is 2. The molecule has 0 saturated carbocycles. The molecule has 45 heavy (non-hydrogen) atoms. The van der Waals surface area contributed by atoms with Gasteiger partial charge in [0.1, 0.15) is 12.2 Å². The van der Waals surface area contributed by atoms with E-state index in [-0.39, 0.29) is 22.3 Å². The lowest BCUT2D eigenvalue weighted by molar-refractivity contribution is 0.171. The van der Waals surface area contributed by atoms with Crippen LogP contribution in [0.1, 0.15) is 47.3 Å². The number of rotatable bonds is 6. The van der Waals surface area contributed by atoms with Gasteiger partial charge in [-0.05, 0) is 45.5 Å². The van der Waals surface area contributed by atoms with E-state index in [0.29, 0.717) is 12.2 Å². The summed E-state index contributed by atoms with van der Waals surface area (Å²) in [6.07, 6.45) is 3.14. The Morgan fingerprint density at radius 2 is 0.689 bits per heavy atom. The predicted molar refractivity (Wildman–Crippen MR) is 197 cm³/mol. The van der Waals surface area contributed by atoms with E-state index >= 15 is 0 Å². The molecule has 7 rings (SSSR count). The van der Waals surface area contributed by atoms with Gasteiger partial charge in [-0.3, -0.25) is 0 Å². The number of benzene rings is 5. The maximum Gasteiger partial charge on any atom is 0.104 e. The van der Waals surface area contributed by atoms with Crippen LogP contribution in [0.5, 0.6) is 0 Å². The lowest BCUT2D eigenvalue weighted by Gasteiger charge is -1.97. The molecule has 0 spiro atoms. The third kappa shape index (κ3) is 17.5. The van der Waals surface area contributed by atoms with Crippen LogP contribution in [0.2, 0.25) is 0 Å². The lowest BCUT2D eigenvalue weighted by atomic mass is 10.1. The molecule has 2 unspecified atom stereocenters. The highest BCUT2D eigenvalue weighted by Crippen LogP contribution is 2.12. The Hall–Kier alpha value is -3.54. The highest BCUT2D eigenvalue weighted by Gasteiger charge is 2.21. The minimum atomic E-state index is 0. The molecule has 2 heterocycles. The maximum absolute atomic E-state index is 4.82. The SMILES string of the molecule is C.C.C.CCc1ccc(CC)cc1.COCC1CO1.COCC1CO1.c1ccc2ccccc2c1.c1ccc2ccccc2c1. The molecule has 4 nitrogen and oxygen atoms in total. The van der Waals surface area contributed by atoms with E-state index in [1.165, 1.54) is 32.7 Å². The van der Waals surface area contributed by atoms with Crippen molar-refractivity contribution in [3.8, 4) is 0 Å². The Balaban J connectivity index is 0.000000538. The molecule has 0 aromatic heterocycles. The van der Waals surface area contributed by atoms with Crippen molar-refractivity contribution < 1.29 is 18.9 Å². The van der Waals surface area contributed by atoms with E-state index in [1.807, 2.05) is 0 Å². The predicted octanol–water partition coefficient (Wildman–Crippen LogP) is 10.5. The van der Waals surface area contributed by atoms with Crippen LogP contribution in [0, 0.1) is 0 Å². The largest absolute Gasteiger partial charge is 0.382 e. The third-order valence-electron chi connectivity index (χ3n) is 6.67. The molecule has 246 valence electrons. The van der Waals surface area contributed by atoms with E-state index in [2.05, 4.69) is 135 Å². The van der Waals surface area contributed by atoms with Crippen LogP contribution in [0.3, 0.4) is 0 Å². The summed E-state index contributed by atoms with van der Waals surface area (Å²) in [6, 6.07) is 42.3. The van der Waals surface area contributed by atoms with Crippen LogP contribution in [0.15, 0.2) is 121 Å². The summed E-state index contributed by atoms with van der Waals surface area (Å²) in [5.74, 6) is 0. The molecule has 0 bridgehead atoms. The van der Waals surface area contributed by atoms with Gasteiger partial charge in [0.15, 0.2) is 0 Å². The van der Waals surface area contributed by atoms with Crippen molar-refractivity contribution in [2.24, 2.45) is 0 Å². The first-order valence-electron chi connectivity index (χ1n) is 14.8. The first-order chi connectivity index (χ1) is 20.7. The van der Waals surface area contributed by atoms with E-state index < -0.39 is 0 Å². The molecule has 5 aromatic carbocycles. The maximum atomic E-state index is 4.82. The zero-order valence-electron chi connectivity index (χ0n) is 25.6. The zero-order chi connectivity index (χ0) is 29.8. The first kappa shape index (κ1) is 41.5. The van der Waals surface area contributed by atoms with Crippen molar-refractivity contribution in [2.45, 2.75) is 61.2 Å². The van der Waals surface area contributed by atoms with Gasteiger partial charge >= 0.3 is 0 Å². The van der Waals surface area contributed by atoms with Gasteiger partial charge in [0, 0.05) is 14.2 Å². The second kappa shape index (κ2) is 24.7. The smallest absolute Gasteiger partial charge is 0.104 e. The fourth-order valence-corrected chi connectivity index (χ4v) is 3.98. The molecule has 2 fully saturated rings. The van der Waals surface area contributed by atoms with Crippen LogP contribution in [-0.2, 0) is 31.8 Å². The van der Waals surface area contributed by atoms with Crippen LogP contribution >= 0.6 is 0 Å². The van der Waals surface area contributed by atoms with E-state index in [9.17, 15) is 0 Å². The summed E-state index contributed by atoms with van der Waals surface area (Å²) in [5, 5.41) is 5.24. The number of epoxide rings is 2. The average molecular weight is 615 g/mol. The molecule has 2 saturated heterocycles. The molecule has 2 aliphatic heterocycles. The molecule has 2 aliphatic rings. The van der Waals surface area contributed by atoms with Gasteiger partial charge in [-0.1, -0.05) is 157 Å². The van der Waals surface area contributed by atoms with Crippen molar-refractivity contribution >= 4 is 21.5 Å². The highest BCUT2D eigenvalue weighted by atomic mass is 16.6. The van der Waals surface area contributed by atoms with Gasteiger partial charge in [-0.2, -0.15) is 0 Å². The number of aryl methyl sites for hydroxylation is 2. The Bertz CT molecular complexity index is 1150. The minimum Gasteiger partial charge on any atom is -0.382 e. The van der Waals surface area contributed by atoms with Crippen LogP contribution in [-0.4, -0.2) is 52.9 Å². The summed E-state index contributed by atoms with van der Waals surface area (Å²) in [7, 11) is 3.36. The Kier molecular flexibility index (Phi) is 22.8. The van der Waals surface area contributed by atoms with Crippen molar-refractivity contribution in [3.63, 3.8) is 0 Å². The standard InChI is InChI=1S/2C10H8.C10H14.2C4H8O2.3CH4/c2*1-2-6-10-8-4-3-7-9(10)5-1;1-3-9-5-7-10(4-2)8-6-9;2*1-5-2-4-3-6-4;;;/h2*1-8H;5-8H,3-4H2,1-2H3;2*4H,2-3H2,1H3;3*1H4. The highest BCUT2D eigenvalue weighted by molar-refractivity contribution is 5.82. The number of methoxy groups -OCH3 is 2. The molecule has 0 amide bonds. The summed E-state index contributed by atoms with van der Waals surface area (Å²) < 4.78 is 19.1. The quantitative estimate of drug-likeness (QED) is 0.179.